The van der Waals surface area contributed by atoms with E-state index in [9.17, 15) is 18.0 Å². The average molecular weight is 239 g/mol. The van der Waals surface area contributed by atoms with Crippen molar-refractivity contribution in [1.82, 2.24) is 15.1 Å². The number of carbonyl (C=O) groups excluding carboxylic acids is 1. The molecule has 4 nitrogen and oxygen atoms in total. The van der Waals surface area contributed by atoms with Crippen molar-refractivity contribution in [2.24, 2.45) is 0 Å². The smallest absolute Gasteiger partial charge is 0.329 e. The first-order valence-corrected chi connectivity index (χ1v) is 5.05. The molecular formula is C9H16F3N3O. The number of amides is 2. The average Bonchev–Trinajstić information content (AvgIpc) is 2.61. The summed E-state index contributed by atoms with van der Waals surface area (Å²) in [7, 11) is 3.78. The van der Waals surface area contributed by atoms with Crippen LogP contribution in [0.4, 0.5) is 18.0 Å². The minimum atomic E-state index is -4.35. The molecule has 0 saturated carbocycles. The van der Waals surface area contributed by atoms with E-state index in [0.717, 1.165) is 6.42 Å². The van der Waals surface area contributed by atoms with Gasteiger partial charge in [0.05, 0.1) is 0 Å². The molecule has 1 aliphatic rings. The van der Waals surface area contributed by atoms with Crippen LogP contribution in [0.15, 0.2) is 0 Å². The molecule has 0 radical (unpaired) electrons. The molecule has 1 fully saturated rings. The fraction of sp³-hybridized carbons (Fsp3) is 0.889. The number of nitrogens with zero attached hydrogens (tertiary/aromatic N) is 2. The Labute approximate surface area is 92.4 Å². The summed E-state index contributed by atoms with van der Waals surface area (Å²) in [6.07, 6.45) is -3.55. The van der Waals surface area contributed by atoms with Crippen LogP contribution in [0, 0.1) is 0 Å². The molecular weight excluding hydrogens is 223 g/mol. The molecule has 1 N–H and O–H groups in total. The predicted octanol–water partition coefficient (Wildman–Crippen LogP) is 0.894. The van der Waals surface area contributed by atoms with E-state index >= 15 is 0 Å². The molecule has 1 heterocycles. The van der Waals surface area contributed by atoms with Crippen LogP contribution in [0.25, 0.3) is 0 Å². The molecule has 0 bridgehead atoms. The summed E-state index contributed by atoms with van der Waals surface area (Å²) in [5.41, 5.74) is 0. The van der Waals surface area contributed by atoms with Gasteiger partial charge in [0, 0.05) is 19.1 Å². The van der Waals surface area contributed by atoms with Crippen LogP contribution >= 0.6 is 0 Å². The first-order chi connectivity index (χ1) is 7.29. The Morgan fingerprint density at radius 1 is 1.50 bits per heavy atom. The molecule has 0 aromatic heterocycles. The zero-order chi connectivity index (χ0) is 12.3. The SMILES string of the molecule is CN(C)C1CCN(C(=O)NCC(F)(F)F)C1. The molecule has 94 valence electrons. The number of halogens is 3. The van der Waals surface area contributed by atoms with Crippen molar-refractivity contribution in [1.29, 1.82) is 0 Å². The highest BCUT2D eigenvalue weighted by molar-refractivity contribution is 5.74. The van der Waals surface area contributed by atoms with E-state index in [1.807, 2.05) is 24.3 Å². The van der Waals surface area contributed by atoms with E-state index in [1.54, 1.807) is 0 Å². The number of nitrogens with one attached hydrogen (secondary N) is 1. The predicted molar refractivity (Wildman–Crippen MR) is 53.1 cm³/mol. The van der Waals surface area contributed by atoms with Crippen LogP contribution in [-0.4, -0.2) is 61.8 Å². The molecule has 0 aliphatic carbocycles. The highest BCUT2D eigenvalue weighted by Crippen LogP contribution is 2.15. The summed E-state index contributed by atoms with van der Waals surface area (Å²) in [6, 6.07) is -0.404. The van der Waals surface area contributed by atoms with Crippen molar-refractivity contribution in [3.05, 3.63) is 0 Å². The summed E-state index contributed by atoms with van der Waals surface area (Å²) in [5.74, 6) is 0. The van der Waals surface area contributed by atoms with E-state index in [2.05, 4.69) is 0 Å². The highest BCUT2D eigenvalue weighted by atomic mass is 19.4. The van der Waals surface area contributed by atoms with Gasteiger partial charge in [0.1, 0.15) is 6.54 Å². The van der Waals surface area contributed by atoms with Gasteiger partial charge in [-0.05, 0) is 20.5 Å². The van der Waals surface area contributed by atoms with Crippen molar-refractivity contribution >= 4 is 6.03 Å². The Kier molecular flexibility index (Phi) is 4.01. The van der Waals surface area contributed by atoms with Crippen molar-refractivity contribution in [3.63, 3.8) is 0 Å². The molecule has 0 spiro atoms. The van der Waals surface area contributed by atoms with Crippen LogP contribution in [0.1, 0.15) is 6.42 Å². The highest BCUT2D eigenvalue weighted by Gasteiger charge is 2.31. The van der Waals surface area contributed by atoms with Crippen molar-refractivity contribution < 1.29 is 18.0 Å². The third-order valence-electron chi connectivity index (χ3n) is 2.62. The number of hydrogen-bond acceptors (Lipinski definition) is 2. The molecule has 0 aromatic rings. The lowest BCUT2D eigenvalue weighted by Gasteiger charge is -2.21. The lowest BCUT2D eigenvalue weighted by atomic mass is 10.2. The third kappa shape index (κ3) is 3.88. The maximum Gasteiger partial charge on any atom is 0.405 e. The molecule has 1 atom stereocenters. The lowest BCUT2D eigenvalue weighted by molar-refractivity contribution is -0.123. The number of carbonyl (C=O) groups is 1. The minimum Gasteiger partial charge on any atom is -0.329 e. The van der Waals surface area contributed by atoms with E-state index in [-0.39, 0.29) is 6.04 Å². The summed E-state index contributed by atoms with van der Waals surface area (Å²) in [5, 5.41) is 1.87. The maximum atomic E-state index is 11.9. The van der Waals surface area contributed by atoms with Crippen molar-refractivity contribution in [3.8, 4) is 0 Å². The first kappa shape index (κ1) is 13.1. The lowest BCUT2D eigenvalue weighted by Crippen LogP contribution is -2.43. The second-order valence-electron chi connectivity index (χ2n) is 4.13. The molecule has 0 aromatic carbocycles. The monoisotopic (exact) mass is 239 g/mol. The molecule has 1 rings (SSSR count). The van der Waals surface area contributed by atoms with E-state index in [4.69, 9.17) is 0 Å². The van der Waals surface area contributed by atoms with Gasteiger partial charge < -0.3 is 15.1 Å². The van der Waals surface area contributed by atoms with Gasteiger partial charge in [-0.15, -0.1) is 0 Å². The van der Waals surface area contributed by atoms with E-state index in [1.165, 1.54) is 4.90 Å². The number of urea groups is 1. The second-order valence-corrected chi connectivity index (χ2v) is 4.13. The molecule has 1 unspecified atom stereocenters. The Bertz CT molecular complexity index is 255. The zero-order valence-corrected chi connectivity index (χ0v) is 9.34. The fourth-order valence-electron chi connectivity index (χ4n) is 1.64. The Balaban J connectivity index is 2.34. The second kappa shape index (κ2) is 4.90. The quantitative estimate of drug-likeness (QED) is 0.777. The zero-order valence-electron chi connectivity index (χ0n) is 9.34. The standard InChI is InChI=1S/C9H16F3N3O/c1-14(2)7-3-4-15(5-7)8(16)13-6-9(10,11)12/h7H,3-6H2,1-2H3,(H,13,16). The van der Waals surface area contributed by atoms with Gasteiger partial charge in [-0.25, -0.2) is 4.79 Å². The third-order valence-corrected chi connectivity index (χ3v) is 2.62. The van der Waals surface area contributed by atoms with Crippen molar-refractivity contribution in [2.45, 2.75) is 18.6 Å². The van der Waals surface area contributed by atoms with E-state index in [0.29, 0.717) is 13.1 Å². The first-order valence-electron chi connectivity index (χ1n) is 5.05. The van der Waals surface area contributed by atoms with Crippen LogP contribution in [0.3, 0.4) is 0 Å². The summed E-state index contributed by atoms with van der Waals surface area (Å²) >= 11 is 0. The number of rotatable bonds is 2. The van der Waals surface area contributed by atoms with Gasteiger partial charge in [0.2, 0.25) is 0 Å². The largest absolute Gasteiger partial charge is 0.405 e. The summed E-state index contributed by atoms with van der Waals surface area (Å²) < 4.78 is 35.6. The van der Waals surface area contributed by atoms with Gasteiger partial charge in [0.15, 0.2) is 0 Å². The van der Waals surface area contributed by atoms with Crippen LogP contribution in [-0.2, 0) is 0 Å². The maximum absolute atomic E-state index is 11.9. The number of likely N-dealkylation sites (N-methyl/N-ethyl adjacent to an activating group) is 1. The number of hydrogen-bond donors (Lipinski definition) is 1. The van der Waals surface area contributed by atoms with Crippen LogP contribution < -0.4 is 5.32 Å². The Hall–Kier alpha value is -0.980. The van der Waals surface area contributed by atoms with Gasteiger partial charge in [-0.1, -0.05) is 0 Å². The summed E-state index contributed by atoms with van der Waals surface area (Å²) in [6.45, 7) is -0.280. The minimum absolute atomic E-state index is 0.233. The molecule has 1 saturated heterocycles. The fourth-order valence-corrected chi connectivity index (χ4v) is 1.64. The summed E-state index contributed by atoms with van der Waals surface area (Å²) in [4.78, 5) is 14.7. The molecule has 7 heteroatoms. The topological polar surface area (TPSA) is 35.6 Å². The normalized spacial score (nSPS) is 21.6. The van der Waals surface area contributed by atoms with Gasteiger partial charge in [-0.3, -0.25) is 0 Å². The van der Waals surface area contributed by atoms with Crippen LogP contribution in [0.2, 0.25) is 0 Å². The van der Waals surface area contributed by atoms with Gasteiger partial charge in [-0.2, -0.15) is 13.2 Å². The number of alkyl halides is 3. The molecule has 2 amide bonds. The Morgan fingerprint density at radius 3 is 2.56 bits per heavy atom. The van der Waals surface area contributed by atoms with Gasteiger partial charge in [0.25, 0.3) is 0 Å². The van der Waals surface area contributed by atoms with Crippen molar-refractivity contribution in [2.75, 3.05) is 33.7 Å². The number of likely N-dealkylation sites (tertiary alicyclic amines) is 1. The van der Waals surface area contributed by atoms with Crippen LogP contribution in [0.5, 0.6) is 0 Å². The molecule has 1 aliphatic heterocycles. The van der Waals surface area contributed by atoms with Gasteiger partial charge >= 0.3 is 12.2 Å². The van der Waals surface area contributed by atoms with E-state index < -0.39 is 18.8 Å². The Morgan fingerprint density at radius 2 is 2.12 bits per heavy atom. The molecule has 16 heavy (non-hydrogen) atoms.